The molecule has 1 aromatic heterocycles. The van der Waals surface area contributed by atoms with Gasteiger partial charge in [-0.1, -0.05) is 54.6 Å². The normalized spacial score (nSPS) is 16.0. The molecule has 3 aromatic rings. The molecule has 0 bridgehead atoms. The Hall–Kier alpha value is -2.41. The van der Waals surface area contributed by atoms with Crippen LogP contribution in [0.2, 0.25) is 0 Å². The summed E-state index contributed by atoms with van der Waals surface area (Å²) in [5, 5.41) is 23.2. The van der Waals surface area contributed by atoms with E-state index in [1.165, 1.54) is 5.56 Å². The number of aromatic nitrogens is 1. The Balaban J connectivity index is 1.58. The summed E-state index contributed by atoms with van der Waals surface area (Å²) < 4.78 is -0.168. The lowest BCUT2D eigenvalue weighted by Crippen LogP contribution is -2.18. The number of aryl methyl sites for hydroxylation is 1. The van der Waals surface area contributed by atoms with Crippen LogP contribution >= 0.6 is 23.1 Å². The summed E-state index contributed by atoms with van der Waals surface area (Å²) in [6.07, 6.45) is 9.71. The molecule has 4 rings (SSSR count). The van der Waals surface area contributed by atoms with E-state index >= 15 is 0 Å². The van der Waals surface area contributed by atoms with Crippen molar-refractivity contribution in [2.24, 2.45) is 0 Å². The van der Waals surface area contributed by atoms with Crippen LogP contribution in [-0.4, -0.2) is 25.9 Å². The molecule has 1 saturated carbocycles. The summed E-state index contributed by atoms with van der Waals surface area (Å²) >= 11 is 3.42. The number of hydrogen-bond acceptors (Lipinski definition) is 5. The molecule has 1 heterocycles. The Bertz CT molecular complexity index is 1140. The molecular formula is C28H31NO3S2. The Labute approximate surface area is 209 Å². The highest BCUT2D eigenvalue weighted by molar-refractivity contribution is 8.01. The molecule has 1 atom stereocenters. The van der Waals surface area contributed by atoms with Gasteiger partial charge in [0.15, 0.2) is 0 Å². The number of benzene rings is 2. The monoisotopic (exact) mass is 493 g/mol. The maximum absolute atomic E-state index is 11.5. The third kappa shape index (κ3) is 6.59. The minimum atomic E-state index is -0.902. The molecule has 178 valence electrons. The highest BCUT2D eigenvalue weighted by Gasteiger charge is 2.46. The van der Waals surface area contributed by atoms with Crippen molar-refractivity contribution in [3.63, 3.8) is 0 Å². The Morgan fingerprint density at radius 2 is 2.00 bits per heavy atom. The molecule has 34 heavy (non-hydrogen) atoms. The number of thiazole rings is 1. The van der Waals surface area contributed by atoms with Crippen LogP contribution in [0.3, 0.4) is 0 Å². The first kappa shape index (κ1) is 24.7. The zero-order valence-electron chi connectivity index (χ0n) is 19.6. The molecule has 1 aliphatic rings. The second-order valence-corrected chi connectivity index (χ2v) is 12.1. The highest BCUT2D eigenvalue weighted by Crippen LogP contribution is 2.57. The van der Waals surface area contributed by atoms with Crippen LogP contribution in [0.4, 0.5) is 0 Å². The van der Waals surface area contributed by atoms with Crippen LogP contribution in [0.5, 0.6) is 0 Å². The number of carboxylic acids is 1. The fourth-order valence-corrected chi connectivity index (χ4v) is 6.51. The van der Waals surface area contributed by atoms with Gasteiger partial charge in [0.05, 0.1) is 12.0 Å². The van der Waals surface area contributed by atoms with Gasteiger partial charge in [-0.15, -0.1) is 23.1 Å². The second kappa shape index (κ2) is 10.5. The van der Waals surface area contributed by atoms with Gasteiger partial charge in [0.25, 0.3) is 0 Å². The van der Waals surface area contributed by atoms with Crippen LogP contribution in [0, 0.1) is 0 Å². The minimum Gasteiger partial charge on any atom is -0.481 e. The van der Waals surface area contributed by atoms with Crippen molar-refractivity contribution in [1.82, 2.24) is 4.98 Å². The van der Waals surface area contributed by atoms with E-state index in [-0.39, 0.29) is 16.4 Å². The predicted molar refractivity (Wildman–Crippen MR) is 142 cm³/mol. The Morgan fingerprint density at radius 1 is 1.21 bits per heavy atom. The van der Waals surface area contributed by atoms with Crippen LogP contribution in [-0.2, 0) is 16.8 Å². The van der Waals surface area contributed by atoms with Gasteiger partial charge in [-0.25, -0.2) is 4.98 Å². The van der Waals surface area contributed by atoms with Gasteiger partial charge in [-0.2, -0.15) is 0 Å². The minimum absolute atomic E-state index is 0.168. The second-order valence-electron chi connectivity index (χ2n) is 9.49. The van der Waals surface area contributed by atoms with Gasteiger partial charge >= 0.3 is 5.97 Å². The summed E-state index contributed by atoms with van der Waals surface area (Å²) in [5.74, 6) is -0.726. The molecule has 0 amide bonds. The summed E-state index contributed by atoms with van der Waals surface area (Å²) in [4.78, 5) is 15.8. The predicted octanol–water partition coefficient (Wildman–Crippen LogP) is 6.96. The largest absolute Gasteiger partial charge is 0.481 e. The number of aliphatic hydroxyl groups is 1. The number of nitrogens with zero attached hydrogens (tertiary/aromatic N) is 1. The van der Waals surface area contributed by atoms with Gasteiger partial charge in [-0.05, 0) is 67.9 Å². The smallest absolute Gasteiger partial charge is 0.304 e. The molecule has 0 saturated heterocycles. The quantitative estimate of drug-likeness (QED) is 0.302. The lowest BCUT2D eigenvalue weighted by atomic mass is 9.90. The van der Waals surface area contributed by atoms with E-state index in [0.29, 0.717) is 0 Å². The van der Waals surface area contributed by atoms with E-state index in [2.05, 4.69) is 41.4 Å². The van der Waals surface area contributed by atoms with Gasteiger partial charge in [0.2, 0.25) is 0 Å². The van der Waals surface area contributed by atoms with Gasteiger partial charge in [0.1, 0.15) is 5.01 Å². The molecule has 2 N–H and O–H groups in total. The summed E-state index contributed by atoms with van der Waals surface area (Å²) in [5.41, 5.74) is 3.51. The zero-order chi connectivity index (χ0) is 24.2. The Morgan fingerprint density at radius 3 is 2.68 bits per heavy atom. The molecule has 0 aliphatic heterocycles. The average Bonchev–Trinajstić information content (AvgIpc) is 3.32. The first-order chi connectivity index (χ1) is 16.2. The van der Waals surface area contributed by atoms with Crippen molar-refractivity contribution in [2.45, 2.75) is 61.5 Å². The van der Waals surface area contributed by atoms with Crippen molar-refractivity contribution < 1.29 is 15.0 Å². The maximum Gasteiger partial charge on any atom is 0.304 e. The first-order valence-electron chi connectivity index (χ1n) is 11.6. The Kier molecular flexibility index (Phi) is 7.60. The van der Waals surface area contributed by atoms with Crippen molar-refractivity contribution >= 4 is 41.2 Å². The van der Waals surface area contributed by atoms with Crippen molar-refractivity contribution in [1.29, 1.82) is 0 Å². The maximum atomic E-state index is 11.5. The number of rotatable bonds is 11. The standard InChI is InChI=1S/C28H31NO3S2/c1-27(2,32)23-9-4-3-7-21(23)11-12-24(34-28(14-15-28)19-26(30)31)22-8-5-6-20(18-22)10-13-25-29-16-17-33-25/h3-10,13,16-18,24,32H,11-12,14-15,19H2,1-2H3,(H,30,31)/b13-10+. The highest BCUT2D eigenvalue weighted by atomic mass is 32.2. The third-order valence-corrected chi connectivity index (χ3v) is 8.76. The fraction of sp³-hybridized carbons (Fsp3) is 0.357. The topological polar surface area (TPSA) is 70.4 Å². The van der Waals surface area contributed by atoms with Crippen LogP contribution in [0.25, 0.3) is 12.2 Å². The number of thioether (sulfide) groups is 1. The van der Waals surface area contributed by atoms with E-state index in [0.717, 1.165) is 47.4 Å². The van der Waals surface area contributed by atoms with Crippen molar-refractivity contribution in [3.8, 4) is 0 Å². The molecule has 2 aromatic carbocycles. The molecule has 1 aliphatic carbocycles. The molecule has 0 radical (unpaired) electrons. The van der Waals surface area contributed by atoms with Crippen molar-refractivity contribution in [3.05, 3.63) is 87.4 Å². The van der Waals surface area contributed by atoms with Crippen LogP contribution in [0.15, 0.2) is 60.1 Å². The fourth-order valence-electron chi connectivity index (χ4n) is 4.32. The number of carboxylic acid groups (broad SMARTS) is 1. The van der Waals surface area contributed by atoms with E-state index < -0.39 is 11.6 Å². The SMILES string of the molecule is CC(C)(O)c1ccccc1CCC(SC1(CC(=O)O)CC1)c1cccc(/C=C/c2nccs2)c1. The molecule has 0 spiro atoms. The average molecular weight is 494 g/mol. The van der Waals surface area contributed by atoms with Gasteiger partial charge < -0.3 is 10.2 Å². The lowest BCUT2D eigenvalue weighted by molar-refractivity contribution is -0.137. The third-order valence-electron chi connectivity index (χ3n) is 6.18. The summed E-state index contributed by atoms with van der Waals surface area (Å²) in [6.45, 7) is 3.64. The molecule has 1 unspecified atom stereocenters. The van der Waals surface area contributed by atoms with Crippen LogP contribution in [0.1, 0.15) is 72.0 Å². The number of hydrogen-bond donors (Lipinski definition) is 2. The van der Waals surface area contributed by atoms with Crippen molar-refractivity contribution in [2.75, 3.05) is 0 Å². The number of carbonyl (C=O) groups is 1. The molecule has 6 heteroatoms. The van der Waals surface area contributed by atoms with Crippen LogP contribution < -0.4 is 0 Å². The molecular weight excluding hydrogens is 462 g/mol. The van der Waals surface area contributed by atoms with E-state index in [9.17, 15) is 15.0 Å². The van der Waals surface area contributed by atoms with Gasteiger partial charge in [0, 0.05) is 21.6 Å². The summed E-state index contributed by atoms with van der Waals surface area (Å²) in [6, 6.07) is 16.6. The van der Waals surface area contributed by atoms with Gasteiger partial charge in [-0.3, -0.25) is 4.79 Å². The first-order valence-corrected chi connectivity index (χ1v) is 13.4. The van der Waals surface area contributed by atoms with E-state index in [1.54, 1.807) is 17.5 Å². The molecule has 4 nitrogen and oxygen atoms in total. The lowest BCUT2D eigenvalue weighted by Gasteiger charge is -2.25. The zero-order valence-corrected chi connectivity index (χ0v) is 21.2. The number of aliphatic carboxylic acids is 1. The summed E-state index contributed by atoms with van der Waals surface area (Å²) in [7, 11) is 0. The molecule has 1 fully saturated rings. The van der Waals surface area contributed by atoms with E-state index in [4.69, 9.17) is 0 Å². The van der Waals surface area contributed by atoms with E-state index in [1.807, 2.05) is 55.3 Å².